The molecule has 2 rings (SSSR count). The van der Waals surface area contributed by atoms with Crippen LogP contribution >= 0.6 is 11.3 Å². The van der Waals surface area contributed by atoms with E-state index in [1.807, 2.05) is 13.2 Å². The maximum absolute atomic E-state index is 5.53. The SMILES string of the molecule is Cn1cc(Nc2ncc(N)s2)cn1. The summed E-state index contributed by atoms with van der Waals surface area (Å²) in [4.78, 5) is 4.07. The molecule has 13 heavy (non-hydrogen) atoms. The molecule has 0 unspecified atom stereocenters. The number of nitrogens with zero attached hydrogens (tertiary/aromatic N) is 3. The van der Waals surface area contributed by atoms with Gasteiger partial charge in [-0.3, -0.25) is 4.68 Å². The zero-order valence-electron chi connectivity index (χ0n) is 7.06. The average molecular weight is 195 g/mol. The highest BCUT2D eigenvalue weighted by molar-refractivity contribution is 7.19. The number of aryl methyl sites for hydroxylation is 1. The van der Waals surface area contributed by atoms with Crippen LogP contribution in [0.5, 0.6) is 0 Å². The normalized spacial score (nSPS) is 10.2. The van der Waals surface area contributed by atoms with Crippen molar-refractivity contribution in [2.75, 3.05) is 11.1 Å². The summed E-state index contributed by atoms with van der Waals surface area (Å²) < 4.78 is 1.72. The number of aromatic nitrogens is 3. The Balaban J connectivity index is 2.14. The lowest BCUT2D eigenvalue weighted by Crippen LogP contribution is -1.87. The fourth-order valence-electron chi connectivity index (χ4n) is 0.954. The van der Waals surface area contributed by atoms with Crippen molar-refractivity contribution < 1.29 is 0 Å². The number of hydrogen-bond acceptors (Lipinski definition) is 5. The number of nitrogens with one attached hydrogen (secondary N) is 1. The van der Waals surface area contributed by atoms with Crippen molar-refractivity contribution in [1.29, 1.82) is 0 Å². The van der Waals surface area contributed by atoms with E-state index in [9.17, 15) is 0 Å². The molecule has 0 amide bonds. The van der Waals surface area contributed by atoms with Gasteiger partial charge in [0.2, 0.25) is 0 Å². The van der Waals surface area contributed by atoms with E-state index in [0.29, 0.717) is 5.00 Å². The molecule has 5 nitrogen and oxygen atoms in total. The van der Waals surface area contributed by atoms with Crippen LogP contribution < -0.4 is 11.1 Å². The van der Waals surface area contributed by atoms with Crippen LogP contribution in [0.3, 0.4) is 0 Å². The number of thiazole rings is 1. The molecule has 2 heterocycles. The fraction of sp³-hybridized carbons (Fsp3) is 0.143. The Morgan fingerprint density at radius 3 is 2.92 bits per heavy atom. The molecular formula is C7H9N5S. The third-order valence-corrected chi connectivity index (χ3v) is 2.22. The largest absolute Gasteiger partial charge is 0.389 e. The van der Waals surface area contributed by atoms with E-state index >= 15 is 0 Å². The lowest BCUT2D eigenvalue weighted by molar-refractivity contribution is 0.768. The fourth-order valence-corrected chi connectivity index (χ4v) is 1.56. The van der Waals surface area contributed by atoms with E-state index in [-0.39, 0.29) is 0 Å². The Labute approximate surface area is 79.2 Å². The third-order valence-electron chi connectivity index (χ3n) is 1.48. The van der Waals surface area contributed by atoms with Gasteiger partial charge in [0, 0.05) is 13.2 Å². The Bertz CT molecular complexity index is 366. The quantitative estimate of drug-likeness (QED) is 0.755. The minimum atomic E-state index is 0.700. The van der Waals surface area contributed by atoms with Crippen molar-refractivity contribution in [2.24, 2.45) is 7.05 Å². The summed E-state index contributed by atoms with van der Waals surface area (Å²) in [6, 6.07) is 0. The van der Waals surface area contributed by atoms with Gasteiger partial charge in [-0.15, -0.1) is 0 Å². The summed E-state index contributed by atoms with van der Waals surface area (Å²) in [6.45, 7) is 0. The van der Waals surface area contributed by atoms with E-state index < -0.39 is 0 Å². The highest BCUT2D eigenvalue weighted by Crippen LogP contribution is 2.23. The standard InChI is InChI=1S/C7H9N5S/c1-12-4-5(2-10-12)11-7-9-3-6(8)13-7/h2-4H,8H2,1H3,(H,9,11). The van der Waals surface area contributed by atoms with Crippen molar-refractivity contribution in [1.82, 2.24) is 14.8 Å². The topological polar surface area (TPSA) is 68.8 Å². The van der Waals surface area contributed by atoms with E-state index in [1.165, 1.54) is 11.3 Å². The molecule has 0 bridgehead atoms. The number of nitrogen functional groups attached to an aromatic ring is 1. The molecule has 0 radical (unpaired) electrons. The van der Waals surface area contributed by atoms with Crippen LogP contribution in [0.25, 0.3) is 0 Å². The van der Waals surface area contributed by atoms with Crippen LogP contribution in [0.1, 0.15) is 0 Å². The number of rotatable bonds is 2. The maximum Gasteiger partial charge on any atom is 0.189 e. The first-order valence-electron chi connectivity index (χ1n) is 3.71. The van der Waals surface area contributed by atoms with Gasteiger partial charge in [0.15, 0.2) is 5.13 Å². The molecule has 2 aromatic heterocycles. The van der Waals surface area contributed by atoms with Gasteiger partial charge >= 0.3 is 0 Å². The number of anilines is 3. The van der Waals surface area contributed by atoms with Crippen molar-refractivity contribution in [3.05, 3.63) is 18.6 Å². The van der Waals surface area contributed by atoms with E-state index in [2.05, 4.69) is 15.4 Å². The minimum Gasteiger partial charge on any atom is -0.389 e. The molecule has 2 aromatic rings. The molecular weight excluding hydrogens is 186 g/mol. The van der Waals surface area contributed by atoms with Crippen LogP contribution in [0, 0.1) is 0 Å². The van der Waals surface area contributed by atoms with Gasteiger partial charge in [0.25, 0.3) is 0 Å². The van der Waals surface area contributed by atoms with Gasteiger partial charge in [0.1, 0.15) is 5.00 Å². The first kappa shape index (κ1) is 8.06. The Morgan fingerprint density at radius 1 is 1.54 bits per heavy atom. The van der Waals surface area contributed by atoms with Gasteiger partial charge < -0.3 is 11.1 Å². The first-order chi connectivity index (χ1) is 6.24. The highest BCUT2D eigenvalue weighted by atomic mass is 32.1. The summed E-state index contributed by atoms with van der Waals surface area (Å²) in [7, 11) is 1.86. The summed E-state index contributed by atoms with van der Waals surface area (Å²) in [5.41, 5.74) is 6.45. The summed E-state index contributed by atoms with van der Waals surface area (Å²) in [6.07, 6.45) is 5.23. The summed E-state index contributed by atoms with van der Waals surface area (Å²) >= 11 is 1.41. The predicted molar refractivity (Wildman–Crippen MR) is 53.0 cm³/mol. The smallest absolute Gasteiger partial charge is 0.189 e. The van der Waals surface area contributed by atoms with Crippen LogP contribution in [0.15, 0.2) is 18.6 Å². The molecule has 0 aliphatic carbocycles. The predicted octanol–water partition coefficient (Wildman–Crippen LogP) is 1.20. The second kappa shape index (κ2) is 3.06. The zero-order chi connectivity index (χ0) is 9.26. The van der Waals surface area contributed by atoms with Gasteiger partial charge in [0.05, 0.1) is 18.1 Å². The van der Waals surface area contributed by atoms with E-state index in [1.54, 1.807) is 17.1 Å². The second-order valence-electron chi connectivity index (χ2n) is 2.60. The Morgan fingerprint density at radius 2 is 2.38 bits per heavy atom. The highest BCUT2D eigenvalue weighted by Gasteiger charge is 2.00. The van der Waals surface area contributed by atoms with Crippen molar-refractivity contribution in [2.45, 2.75) is 0 Å². The van der Waals surface area contributed by atoms with Crippen LogP contribution in [0.4, 0.5) is 15.8 Å². The lowest BCUT2D eigenvalue weighted by atomic mass is 10.6. The summed E-state index contributed by atoms with van der Waals surface area (Å²) in [5, 5.41) is 8.59. The minimum absolute atomic E-state index is 0.700. The maximum atomic E-state index is 5.53. The second-order valence-corrected chi connectivity index (χ2v) is 3.66. The average Bonchev–Trinajstić information content (AvgIpc) is 2.62. The lowest BCUT2D eigenvalue weighted by Gasteiger charge is -1.94. The first-order valence-corrected chi connectivity index (χ1v) is 4.52. The van der Waals surface area contributed by atoms with Crippen LogP contribution in [0.2, 0.25) is 0 Å². The molecule has 0 spiro atoms. The number of hydrogen-bond donors (Lipinski definition) is 2. The monoisotopic (exact) mass is 195 g/mol. The van der Waals surface area contributed by atoms with E-state index in [0.717, 1.165) is 10.8 Å². The third kappa shape index (κ3) is 1.78. The van der Waals surface area contributed by atoms with Crippen molar-refractivity contribution >= 4 is 27.2 Å². The molecule has 0 saturated carbocycles. The Hall–Kier alpha value is -1.56. The molecule has 0 fully saturated rings. The molecule has 6 heteroatoms. The van der Waals surface area contributed by atoms with Gasteiger partial charge in [-0.25, -0.2) is 4.98 Å². The van der Waals surface area contributed by atoms with Crippen LogP contribution in [-0.4, -0.2) is 14.8 Å². The molecule has 0 aliphatic heterocycles. The van der Waals surface area contributed by atoms with E-state index in [4.69, 9.17) is 5.73 Å². The number of nitrogens with two attached hydrogens (primary N) is 1. The van der Waals surface area contributed by atoms with Crippen molar-refractivity contribution in [3.8, 4) is 0 Å². The van der Waals surface area contributed by atoms with Gasteiger partial charge in [-0.05, 0) is 0 Å². The van der Waals surface area contributed by atoms with Crippen molar-refractivity contribution in [3.63, 3.8) is 0 Å². The summed E-state index contributed by atoms with van der Waals surface area (Å²) in [5.74, 6) is 0. The molecule has 0 saturated heterocycles. The zero-order valence-corrected chi connectivity index (χ0v) is 7.88. The Kier molecular flexibility index (Phi) is 1.90. The molecule has 0 aliphatic rings. The van der Waals surface area contributed by atoms with Gasteiger partial charge in [-0.1, -0.05) is 11.3 Å². The van der Waals surface area contributed by atoms with Gasteiger partial charge in [-0.2, -0.15) is 5.10 Å². The molecule has 3 N–H and O–H groups in total. The van der Waals surface area contributed by atoms with Crippen LogP contribution in [-0.2, 0) is 7.05 Å². The molecule has 68 valence electrons. The molecule has 0 aromatic carbocycles. The molecule has 0 atom stereocenters.